The number of nitrogen functional groups attached to an aromatic ring is 1. The zero-order valence-corrected chi connectivity index (χ0v) is 34.7. The fourth-order valence-electron chi connectivity index (χ4n) is 5.41. The van der Waals surface area contributed by atoms with Gasteiger partial charge in [0.05, 0.1) is 69.1 Å². The van der Waals surface area contributed by atoms with Crippen LogP contribution in [0.4, 0.5) is 17.2 Å². The van der Waals surface area contributed by atoms with E-state index in [2.05, 4.69) is 25.3 Å². The molecule has 5 N–H and O–H groups in total. The average Bonchev–Trinajstić information content (AvgIpc) is 3.98. The van der Waals surface area contributed by atoms with Gasteiger partial charge in [-0.05, 0) is 42.5 Å². The molecule has 3 aromatic heterocycles. The van der Waals surface area contributed by atoms with Crippen molar-refractivity contribution in [1.29, 1.82) is 0 Å². The molecule has 0 saturated heterocycles. The molecule has 0 amide bonds. The number of hydrogen-bond donors (Lipinski definition) is 4. The molecule has 57 heavy (non-hydrogen) atoms. The predicted molar refractivity (Wildman–Crippen MR) is 227 cm³/mol. The van der Waals surface area contributed by atoms with Crippen LogP contribution in [0.15, 0.2) is 77.9 Å². The maximum atomic E-state index is 9.90. The molecule has 0 saturated carbocycles. The SMILES string of the molecule is CC.CC.CC.COc1cc2ncnc(Cl)c2cc1OC.COc1cc2ncnc(Nc3ccc(O)c4ccoc34)c2cc1OC.Nc1ccc(O)c2c1OCC2. The van der Waals surface area contributed by atoms with Gasteiger partial charge in [-0.25, -0.2) is 19.9 Å². The van der Waals surface area contributed by atoms with Gasteiger partial charge in [0.15, 0.2) is 28.6 Å². The Bertz CT molecular complexity index is 2330. The van der Waals surface area contributed by atoms with Crippen molar-refractivity contribution < 1.29 is 38.3 Å². The van der Waals surface area contributed by atoms with E-state index in [4.69, 9.17) is 45.4 Å². The van der Waals surface area contributed by atoms with Crippen LogP contribution in [0.25, 0.3) is 32.8 Å². The van der Waals surface area contributed by atoms with Crippen LogP contribution >= 0.6 is 11.6 Å². The quantitative estimate of drug-likeness (QED) is 0.0706. The first kappa shape index (κ1) is 45.0. The Morgan fingerprint density at radius 2 is 1.21 bits per heavy atom. The standard InChI is InChI=1S/C18H15N3O4.C10H9ClN2O2.C8H9NO2.3C2H6/c1-23-15-7-11-13(8-16(15)24-2)19-9-20-18(11)21-12-3-4-14(22)10-5-6-25-17(10)12;1-14-8-3-6-7(4-9(8)15-2)12-5-13-10(6)11;9-6-1-2-7(10)5-3-4-11-8(5)6;3*1-2/h3-9,22H,1-2H3,(H,19,20,21);3-5H,1-2H3;1-2,10H,3-4,9H2;3*1-2H3. The van der Waals surface area contributed by atoms with Crippen LogP contribution in [-0.4, -0.2) is 65.2 Å². The topological polar surface area (TPSA) is 189 Å². The fourth-order valence-corrected chi connectivity index (χ4v) is 5.61. The van der Waals surface area contributed by atoms with Crippen molar-refractivity contribution in [1.82, 2.24) is 19.9 Å². The Balaban J connectivity index is 0.000000232. The number of aromatic nitrogens is 4. The minimum Gasteiger partial charge on any atom is -0.508 e. The zero-order valence-electron chi connectivity index (χ0n) is 33.9. The minimum atomic E-state index is 0.160. The van der Waals surface area contributed by atoms with Gasteiger partial charge >= 0.3 is 0 Å². The van der Waals surface area contributed by atoms with Gasteiger partial charge in [-0.3, -0.25) is 0 Å². The minimum absolute atomic E-state index is 0.160. The first-order chi connectivity index (χ1) is 27.8. The number of methoxy groups -OCH3 is 4. The summed E-state index contributed by atoms with van der Waals surface area (Å²) in [6.07, 6.45) is 5.17. The molecule has 15 heteroatoms. The number of nitrogens with one attached hydrogen (secondary N) is 1. The summed E-state index contributed by atoms with van der Waals surface area (Å²) in [6.45, 7) is 12.6. The number of phenols is 2. The number of anilines is 3. The van der Waals surface area contributed by atoms with Crippen LogP contribution < -0.4 is 34.7 Å². The molecule has 4 aromatic carbocycles. The van der Waals surface area contributed by atoms with E-state index >= 15 is 0 Å². The van der Waals surface area contributed by atoms with Crippen LogP contribution in [-0.2, 0) is 6.42 Å². The number of nitrogens with two attached hydrogens (primary N) is 1. The number of fused-ring (bicyclic) bond motifs is 4. The van der Waals surface area contributed by atoms with E-state index in [1.54, 1.807) is 77.0 Å². The summed E-state index contributed by atoms with van der Waals surface area (Å²) in [6, 6.07) is 15.4. The largest absolute Gasteiger partial charge is 0.508 e. The average molecular weight is 803 g/mol. The van der Waals surface area contributed by atoms with Crippen molar-refractivity contribution in [3.05, 3.63) is 84.2 Å². The first-order valence-electron chi connectivity index (χ1n) is 18.3. The highest BCUT2D eigenvalue weighted by molar-refractivity contribution is 6.34. The van der Waals surface area contributed by atoms with Crippen molar-refractivity contribution in [3.63, 3.8) is 0 Å². The Labute approximate surface area is 337 Å². The van der Waals surface area contributed by atoms with Crippen LogP contribution in [0.5, 0.6) is 40.2 Å². The number of hydrogen-bond acceptors (Lipinski definition) is 14. The van der Waals surface area contributed by atoms with Crippen LogP contribution in [0.3, 0.4) is 0 Å². The highest BCUT2D eigenvalue weighted by atomic mass is 35.5. The lowest BCUT2D eigenvalue weighted by molar-refractivity contribution is 0.356. The maximum Gasteiger partial charge on any atom is 0.162 e. The zero-order chi connectivity index (χ0) is 42.1. The highest BCUT2D eigenvalue weighted by Crippen LogP contribution is 2.39. The summed E-state index contributed by atoms with van der Waals surface area (Å²) >= 11 is 5.93. The van der Waals surface area contributed by atoms with Gasteiger partial charge in [0.2, 0.25) is 0 Å². The Morgan fingerprint density at radius 3 is 1.81 bits per heavy atom. The van der Waals surface area contributed by atoms with Gasteiger partial charge in [0, 0.05) is 34.9 Å². The molecule has 8 rings (SSSR count). The Hall–Kier alpha value is -6.41. The fraction of sp³-hybridized carbons (Fsp3) is 0.286. The van der Waals surface area contributed by atoms with E-state index in [1.165, 1.54) is 18.9 Å². The van der Waals surface area contributed by atoms with E-state index in [1.807, 2.05) is 47.6 Å². The Kier molecular flexibility index (Phi) is 17.5. The second kappa shape index (κ2) is 22.2. The van der Waals surface area contributed by atoms with Crippen molar-refractivity contribution in [2.24, 2.45) is 0 Å². The summed E-state index contributed by atoms with van der Waals surface area (Å²) in [7, 11) is 6.30. The third-order valence-corrected chi connectivity index (χ3v) is 8.25. The monoisotopic (exact) mass is 802 g/mol. The number of benzene rings is 4. The van der Waals surface area contributed by atoms with Crippen LogP contribution in [0.2, 0.25) is 5.15 Å². The summed E-state index contributed by atoms with van der Waals surface area (Å²) in [5, 5.41) is 25.0. The van der Waals surface area contributed by atoms with E-state index < -0.39 is 0 Å². The molecule has 0 bridgehead atoms. The van der Waals surface area contributed by atoms with Gasteiger partial charge < -0.3 is 49.4 Å². The molecule has 0 radical (unpaired) electrons. The molecule has 304 valence electrons. The number of ether oxygens (including phenoxy) is 5. The third kappa shape index (κ3) is 10.5. The number of furan rings is 1. The molecule has 7 aromatic rings. The predicted octanol–water partition coefficient (Wildman–Crippen LogP) is 10.1. The van der Waals surface area contributed by atoms with Gasteiger partial charge in [0.1, 0.15) is 40.9 Å². The first-order valence-corrected chi connectivity index (χ1v) is 18.7. The number of aromatic hydroxyl groups is 2. The number of halogens is 1. The summed E-state index contributed by atoms with van der Waals surface area (Å²) < 4.78 is 31.7. The molecule has 0 spiro atoms. The number of rotatable bonds is 6. The Morgan fingerprint density at radius 1 is 0.667 bits per heavy atom. The molecule has 0 unspecified atom stereocenters. The van der Waals surface area contributed by atoms with Crippen LogP contribution in [0, 0.1) is 0 Å². The smallest absolute Gasteiger partial charge is 0.162 e. The third-order valence-electron chi connectivity index (χ3n) is 7.94. The molecular weight excluding hydrogens is 752 g/mol. The normalized spacial score (nSPS) is 10.6. The lowest BCUT2D eigenvalue weighted by Gasteiger charge is -2.12. The van der Waals surface area contributed by atoms with E-state index in [9.17, 15) is 10.2 Å². The molecule has 0 fully saturated rings. The lowest BCUT2D eigenvalue weighted by Crippen LogP contribution is -1.98. The van der Waals surface area contributed by atoms with Crippen molar-refractivity contribution >= 4 is 61.6 Å². The number of nitrogens with zero attached hydrogens (tertiary/aromatic N) is 4. The van der Waals surface area contributed by atoms with Crippen molar-refractivity contribution in [3.8, 4) is 40.2 Å². The van der Waals surface area contributed by atoms with Gasteiger partial charge in [-0.2, -0.15) is 0 Å². The summed E-state index contributed by atoms with van der Waals surface area (Å²) in [5.74, 6) is 4.11. The van der Waals surface area contributed by atoms with E-state index in [0.717, 1.165) is 28.3 Å². The molecule has 14 nitrogen and oxygen atoms in total. The van der Waals surface area contributed by atoms with Crippen molar-refractivity contribution in [2.45, 2.75) is 48.0 Å². The van der Waals surface area contributed by atoms with Crippen molar-refractivity contribution in [2.75, 3.05) is 46.1 Å². The van der Waals surface area contributed by atoms with E-state index in [0.29, 0.717) is 74.2 Å². The molecule has 0 aliphatic carbocycles. The summed E-state index contributed by atoms with van der Waals surface area (Å²) in [5.41, 5.74) is 9.73. The number of phenolic OH excluding ortho intramolecular Hbond substituents is 2. The molecule has 0 atom stereocenters. The lowest BCUT2D eigenvalue weighted by atomic mass is 10.1. The second-order valence-electron chi connectivity index (χ2n) is 10.8. The van der Waals surface area contributed by atoms with Gasteiger partial charge in [-0.1, -0.05) is 53.1 Å². The molecular formula is C42H51ClN6O8. The van der Waals surface area contributed by atoms with Gasteiger partial charge in [-0.15, -0.1) is 0 Å². The highest BCUT2D eigenvalue weighted by Gasteiger charge is 2.18. The molecule has 1 aliphatic rings. The molecule has 1 aliphatic heterocycles. The van der Waals surface area contributed by atoms with E-state index in [-0.39, 0.29) is 11.5 Å². The maximum absolute atomic E-state index is 9.90. The second-order valence-corrected chi connectivity index (χ2v) is 11.2. The summed E-state index contributed by atoms with van der Waals surface area (Å²) in [4.78, 5) is 16.6. The molecule has 4 heterocycles. The van der Waals surface area contributed by atoms with Crippen LogP contribution in [0.1, 0.15) is 47.1 Å². The van der Waals surface area contributed by atoms with Gasteiger partial charge in [0.25, 0.3) is 0 Å².